The molecular weight excluding hydrogens is 252 g/mol. The third-order valence-electron chi connectivity index (χ3n) is 2.41. The van der Waals surface area contributed by atoms with Crippen molar-refractivity contribution in [2.45, 2.75) is 19.4 Å². The van der Waals surface area contributed by atoms with Crippen molar-refractivity contribution in [3.63, 3.8) is 0 Å². The minimum absolute atomic E-state index is 0.200. The van der Waals surface area contributed by atoms with E-state index in [4.69, 9.17) is 4.74 Å². The molecule has 1 atom stereocenters. The van der Waals surface area contributed by atoms with E-state index in [0.29, 0.717) is 5.56 Å². The second kappa shape index (κ2) is 7.35. The average Bonchev–Trinajstić information content (AvgIpc) is 2.40. The highest BCUT2D eigenvalue weighted by molar-refractivity contribution is 5.81. The summed E-state index contributed by atoms with van der Waals surface area (Å²) in [6.07, 6.45) is -0.494. The van der Waals surface area contributed by atoms with Crippen molar-refractivity contribution in [3.8, 4) is 0 Å². The molecule has 1 N–H and O–H groups in total. The van der Waals surface area contributed by atoms with Crippen molar-refractivity contribution < 1.29 is 23.5 Å². The van der Waals surface area contributed by atoms with Crippen molar-refractivity contribution in [2.24, 2.45) is 0 Å². The van der Waals surface area contributed by atoms with Crippen LogP contribution in [0.5, 0.6) is 0 Å². The molecule has 0 fully saturated rings. The van der Waals surface area contributed by atoms with Gasteiger partial charge < -0.3 is 14.8 Å². The molecule has 1 unspecified atom stereocenters. The number of rotatable bonds is 5. The van der Waals surface area contributed by atoms with Crippen LogP contribution in [0.15, 0.2) is 24.3 Å². The number of halogens is 1. The van der Waals surface area contributed by atoms with Crippen LogP contribution < -0.4 is 5.32 Å². The standard InChI is InChI=1S/C13H16FNO4/c1-3-19-13(17)15-11(12(16)18-2)8-9-4-6-10(14)7-5-9/h4-7,11H,3,8H2,1-2H3,(H,15,17)/i14-1. The summed E-state index contributed by atoms with van der Waals surface area (Å²) in [7, 11) is 1.23. The van der Waals surface area contributed by atoms with Crippen molar-refractivity contribution >= 4 is 12.1 Å². The maximum atomic E-state index is 12.8. The quantitative estimate of drug-likeness (QED) is 0.825. The number of nitrogens with one attached hydrogen (secondary N) is 1. The van der Waals surface area contributed by atoms with Gasteiger partial charge in [0.25, 0.3) is 0 Å². The summed E-state index contributed by atoms with van der Waals surface area (Å²) in [5.74, 6) is -0.950. The van der Waals surface area contributed by atoms with E-state index < -0.39 is 18.1 Å². The third-order valence-corrected chi connectivity index (χ3v) is 2.41. The molecule has 1 rings (SSSR count). The average molecular weight is 268 g/mol. The summed E-state index contributed by atoms with van der Waals surface area (Å²) in [5, 5.41) is 2.40. The van der Waals surface area contributed by atoms with Crippen molar-refractivity contribution in [1.82, 2.24) is 5.32 Å². The van der Waals surface area contributed by atoms with Crippen LogP contribution in [0.2, 0.25) is 0 Å². The maximum absolute atomic E-state index is 12.8. The molecule has 0 saturated heterocycles. The van der Waals surface area contributed by atoms with Crippen LogP contribution in [-0.2, 0) is 20.7 Å². The topological polar surface area (TPSA) is 64.6 Å². The number of amides is 1. The van der Waals surface area contributed by atoms with Gasteiger partial charge in [-0.15, -0.1) is 0 Å². The Morgan fingerprint density at radius 1 is 1.32 bits per heavy atom. The molecule has 0 aliphatic carbocycles. The van der Waals surface area contributed by atoms with E-state index in [1.807, 2.05) is 0 Å². The minimum atomic E-state index is -0.866. The number of benzene rings is 1. The Morgan fingerprint density at radius 3 is 2.47 bits per heavy atom. The summed E-state index contributed by atoms with van der Waals surface area (Å²) in [6.45, 7) is 1.86. The molecule has 1 aromatic rings. The molecule has 0 spiro atoms. The van der Waals surface area contributed by atoms with E-state index in [1.54, 1.807) is 6.92 Å². The zero-order valence-electron chi connectivity index (χ0n) is 10.8. The molecule has 104 valence electrons. The van der Waals surface area contributed by atoms with Crippen LogP contribution in [0.25, 0.3) is 0 Å². The number of carbonyl (C=O) groups excluding carboxylic acids is 2. The first kappa shape index (κ1) is 14.9. The first-order valence-corrected chi connectivity index (χ1v) is 5.82. The molecule has 0 radical (unpaired) electrons. The van der Waals surface area contributed by atoms with Gasteiger partial charge in [0.2, 0.25) is 0 Å². The Labute approximate surface area is 110 Å². The van der Waals surface area contributed by atoms with E-state index in [1.165, 1.54) is 31.4 Å². The van der Waals surface area contributed by atoms with Crippen LogP contribution in [0, 0.1) is 5.82 Å². The first-order chi connectivity index (χ1) is 9.06. The Bertz CT molecular complexity index is 433. The lowest BCUT2D eigenvalue weighted by molar-refractivity contribution is -0.142. The summed E-state index contributed by atoms with van der Waals surface area (Å²) >= 11 is 0. The van der Waals surface area contributed by atoms with Crippen LogP contribution in [0.3, 0.4) is 0 Å². The SMILES string of the molecule is CCOC(=O)NC(Cc1ccc([18F])cc1)C(=O)OC. The van der Waals surface area contributed by atoms with E-state index in [-0.39, 0.29) is 18.8 Å². The number of esters is 1. The second-order valence-corrected chi connectivity index (χ2v) is 3.77. The summed E-state index contributed by atoms with van der Waals surface area (Å²) in [5.41, 5.74) is 0.702. The van der Waals surface area contributed by atoms with Gasteiger partial charge in [0.15, 0.2) is 0 Å². The smallest absolute Gasteiger partial charge is 0.407 e. The Morgan fingerprint density at radius 2 is 1.95 bits per heavy atom. The van der Waals surface area contributed by atoms with E-state index in [9.17, 15) is 14.0 Å². The largest absolute Gasteiger partial charge is 0.467 e. The van der Waals surface area contributed by atoms with Gasteiger partial charge in [-0.2, -0.15) is 0 Å². The van der Waals surface area contributed by atoms with Gasteiger partial charge >= 0.3 is 12.1 Å². The fourth-order valence-electron chi connectivity index (χ4n) is 1.51. The molecule has 0 saturated carbocycles. The highest BCUT2D eigenvalue weighted by Gasteiger charge is 2.22. The van der Waals surface area contributed by atoms with Crippen molar-refractivity contribution in [3.05, 3.63) is 35.6 Å². The summed E-state index contributed by atoms with van der Waals surface area (Å²) < 4.78 is 22.1. The number of hydrogen-bond donors (Lipinski definition) is 1. The highest BCUT2D eigenvalue weighted by Crippen LogP contribution is 2.07. The highest BCUT2D eigenvalue weighted by atomic mass is 18.2. The minimum Gasteiger partial charge on any atom is -0.467 e. The summed E-state index contributed by atoms with van der Waals surface area (Å²) in [4.78, 5) is 22.9. The fraction of sp³-hybridized carbons (Fsp3) is 0.385. The Hall–Kier alpha value is -2.11. The number of ether oxygens (including phenoxy) is 2. The van der Waals surface area contributed by atoms with E-state index >= 15 is 0 Å². The van der Waals surface area contributed by atoms with Crippen molar-refractivity contribution in [1.29, 1.82) is 0 Å². The lowest BCUT2D eigenvalue weighted by atomic mass is 10.1. The molecule has 1 aromatic carbocycles. The molecule has 0 bridgehead atoms. The monoisotopic (exact) mass is 268 g/mol. The predicted octanol–water partition coefficient (Wildman–Crippen LogP) is 1.66. The zero-order valence-corrected chi connectivity index (χ0v) is 10.8. The first-order valence-electron chi connectivity index (χ1n) is 5.82. The fourth-order valence-corrected chi connectivity index (χ4v) is 1.51. The third kappa shape index (κ3) is 4.95. The summed E-state index contributed by atoms with van der Waals surface area (Å²) in [6, 6.07) is 4.78. The predicted molar refractivity (Wildman–Crippen MR) is 66.1 cm³/mol. The molecular formula is C13H16FNO4. The van der Waals surface area contributed by atoms with Gasteiger partial charge in [-0.25, -0.2) is 14.0 Å². The van der Waals surface area contributed by atoms with Crippen LogP contribution in [0.4, 0.5) is 9.18 Å². The Kier molecular flexibility index (Phi) is 5.78. The Balaban J connectivity index is 2.71. The normalized spacial score (nSPS) is 11.5. The number of hydrogen-bond acceptors (Lipinski definition) is 4. The zero-order chi connectivity index (χ0) is 14.3. The van der Waals surface area contributed by atoms with E-state index in [2.05, 4.69) is 10.1 Å². The lowest BCUT2D eigenvalue weighted by Gasteiger charge is -2.16. The molecule has 19 heavy (non-hydrogen) atoms. The molecule has 0 aliphatic heterocycles. The van der Waals surface area contributed by atoms with Gasteiger partial charge in [-0.1, -0.05) is 12.1 Å². The van der Waals surface area contributed by atoms with Crippen LogP contribution >= 0.6 is 0 Å². The molecule has 5 nitrogen and oxygen atoms in total. The molecule has 6 heteroatoms. The molecule has 1 amide bonds. The lowest BCUT2D eigenvalue weighted by Crippen LogP contribution is -2.43. The number of alkyl carbamates (subject to hydrolysis) is 1. The maximum Gasteiger partial charge on any atom is 0.407 e. The number of carbonyl (C=O) groups is 2. The van der Waals surface area contributed by atoms with Crippen LogP contribution in [0.1, 0.15) is 12.5 Å². The van der Waals surface area contributed by atoms with Gasteiger partial charge in [-0.05, 0) is 24.6 Å². The van der Waals surface area contributed by atoms with Crippen molar-refractivity contribution in [2.75, 3.05) is 13.7 Å². The van der Waals surface area contributed by atoms with Gasteiger partial charge in [0.05, 0.1) is 13.7 Å². The second-order valence-electron chi connectivity index (χ2n) is 3.77. The van der Waals surface area contributed by atoms with Crippen LogP contribution in [-0.4, -0.2) is 31.8 Å². The van der Waals surface area contributed by atoms with E-state index in [0.717, 1.165) is 0 Å². The number of methoxy groups -OCH3 is 1. The molecule has 0 heterocycles. The van der Waals surface area contributed by atoms with Gasteiger partial charge in [0, 0.05) is 6.42 Å². The molecule has 0 aliphatic rings. The van der Waals surface area contributed by atoms with Gasteiger partial charge in [-0.3, -0.25) is 0 Å². The van der Waals surface area contributed by atoms with Gasteiger partial charge in [0.1, 0.15) is 11.9 Å². The molecule has 0 aromatic heterocycles.